The Morgan fingerprint density at radius 1 is 1.60 bits per heavy atom. The van der Waals surface area contributed by atoms with Crippen molar-refractivity contribution >= 4 is 15.7 Å². The molecule has 0 bridgehead atoms. The summed E-state index contributed by atoms with van der Waals surface area (Å²) in [5.41, 5.74) is 0. The fourth-order valence-electron chi connectivity index (χ4n) is 0.533. The second-order valence-corrected chi connectivity index (χ2v) is 2.62. The molecule has 0 aliphatic heterocycles. The first-order chi connectivity index (χ1) is 4.81. The SMILES string of the molecule is CCOCCC(=O)O[SiH2]C. The summed E-state index contributed by atoms with van der Waals surface area (Å²) in [5, 5.41) is 0. The molecule has 0 spiro atoms. The van der Waals surface area contributed by atoms with Gasteiger partial charge in [0.05, 0.1) is 13.0 Å². The van der Waals surface area contributed by atoms with Gasteiger partial charge in [-0.1, -0.05) is 0 Å². The predicted octanol–water partition coefficient (Wildman–Crippen LogP) is 0.0881. The van der Waals surface area contributed by atoms with E-state index in [2.05, 4.69) is 0 Å². The largest absolute Gasteiger partial charge is 0.525 e. The maximum atomic E-state index is 10.7. The second kappa shape index (κ2) is 6.76. The minimum absolute atomic E-state index is 0.123. The van der Waals surface area contributed by atoms with Crippen LogP contribution in [0.3, 0.4) is 0 Å². The number of rotatable bonds is 5. The van der Waals surface area contributed by atoms with Crippen molar-refractivity contribution < 1.29 is 14.0 Å². The van der Waals surface area contributed by atoms with E-state index in [-0.39, 0.29) is 5.97 Å². The lowest BCUT2D eigenvalue weighted by atomic mass is 10.5. The summed E-state index contributed by atoms with van der Waals surface area (Å²) in [4.78, 5) is 10.7. The Bertz CT molecular complexity index is 95.0. The molecule has 0 aliphatic rings. The highest BCUT2D eigenvalue weighted by atomic mass is 28.2. The third-order valence-corrected chi connectivity index (χ3v) is 1.57. The van der Waals surface area contributed by atoms with Gasteiger partial charge in [-0.25, -0.2) is 0 Å². The Morgan fingerprint density at radius 2 is 2.30 bits per heavy atom. The van der Waals surface area contributed by atoms with E-state index in [9.17, 15) is 4.79 Å². The lowest BCUT2D eigenvalue weighted by Crippen LogP contribution is -2.09. The van der Waals surface area contributed by atoms with E-state index in [0.717, 1.165) is 0 Å². The van der Waals surface area contributed by atoms with E-state index in [1.54, 1.807) is 0 Å². The molecule has 0 aromatic carbocycles. The Morgan fingerprint density at radius 3 is 2.80 bits per heavy atom. The molecule has 0 aromatic rings. The third-order valence-electron chi connectivity index (χ3n) is 0.960. The Kier molecular flexibility index (Phi) is 6.52. The number of carbonyl (C=O) groups is 1. The zero-order valence-corrected chi connectivity index (χ0v) is 7.97. The van der Waals surface area contributed by atoms with E-state index < -0.39 is 9.76 Å². The van der Waals surface area contributed by atoms with Crippen LogP contribution < -0.4 is 0 Å². The van der Waals surface area contributed by atoms with Crippen LogP contribution in [0.4, 0.5) is 0 Å². The second-order valence-electron chi connectivity index (χ2n) is 1.75. The number of ether oxygens (including phenoxy) is 1. The van der Waals surface area contributed by atoms with E-state index in [1.165, 1.54) is 0 Å². The molecular formula is C6H14O3Si. The first kappa shape index (κ1) is 9.65. The summed E-state index contributed by atoms with van der Waals surface area (Å²) in [7, 11) is -0.573. The number of hydrogen-bond acceptors (Lipinski definition) is 3. The topological polar surface area (TPSA) is 35.5 Å². The van der Waals surface area contributed by atoms with Crippen LogP contribution in [0, 0.1) is 0 Å². The van der Waals surface area contributed by atoms with Gasteiger partial charge >= 0.3 is 0 Å². The number of hydrogen-bond donors (Lipinski definition) is 0. The highest BCUT2D eigenvalue weighted by molar-refractivity contribution is 6.28. The van der Waals surface area contributed by atoms with Gasteiger partial charge in [-0.3, -0.25) is 4.79 Å². The van der Waals surface area contributed by atoms with Gasteiger partial charge in [0.15, 0.2) is 0 Å². The predicted molar refractivity (Wildman–Crippen MR) is 41.6 cm³/mol. The van der Waals surface area contributed by atoms with Crippen molar-refractivity contribution in [1.29, 1.82) is 0 Å². The van der Waals surface area contributed by atoms with Gasteiger partial charge in [-0.15, -0.1) is 0 Å². The fraction of sp³-hybridized carbons (Fsp3) is 0.833. The summed E-state index contributed by atoms with van der Waals surface area (Å²) in [6, 6.07) is 0. The lowest BCUT2D eigenvalue weighted by Gasteiger charge is -2.00. The zero-order valence-electron chi connectivity index (χ0n) is 6.55. The quantitative estimate of drug-likeness (QED) is 0.424. The Hall–Kier alpha value is -0.353. The third kappa shape index (κ3) is 5.78. The molecule has 0 fully saturated rings. The molecule has 10 heavy (non-hydrogen) atoms. The summed E-state index contributed by atoms with van der Waals surface area (Å²) < 4.78 is 9.77. The monoisotopic (exact) mass is 162 g/mol. The van der Waals surface area contributed by atoms with Gasteiger partial charge in [0, 0.05) is 6.61 Å². The normalized spacial score (nSPS) is 10.6. The van der Waals surface area contributed by atoms with Crippen LogP contribution in [0.25, 0.3) is 0 Å². The van der Waals surface area contributed by atoms with Crippen molar-refractivity contribution in [2.45, 2.75) is 19.9 Å². The fourth-order valence-corrected chi connectivity index (χ4v) is 0.999. The minimum atomic E-state index is -0.573. The van der Waals surface area contributed by atoms with E-state index >= 15 is 0 Å². The van der Waals surface area contributed by atoms with Crippen LogP contribution in [0.1, 0.15) is 13.3 Å². The van der Waals surface area contributed by atoms with Crippen molar-refractivity contribution in [3.63, 3.8) is 0 Å². The smallest absolute Gasteiger partial charge is 0.294 e. The van der Waals surface area contributed by atoms with Gasteiger partial charge in [-0.2, -0.15) is 0 Å². The molecular weight excluding hydrogens is 148 g/mol. The maximum Gasteiger partial charge on any atom is 0.294 e. The average Bonchev–Trinajstić information content (AvgIpc) is 1.89. The standard InChI is InChI=1S/C6H14O3Si/c1-3-8-5-4-6(7)9-10-2/h3-5,10H2,1-2H3. The molecule has 3 nitrogen and oxygen atoms in total. The van der Waals surface area contributed by atoms with Crippen LogP contribution in [0.15, 0.2) is 0 Å². The van der Waals surface area contributed by atoms with Crippen molar-refractivity contribution in [1.82, 2.24) is 0 Å². The maximum absolute atomic E-state index is 10.7. The minimum Gasteiger partial charge on any atom is -0.525 e. The van der Waals surface area contributed by atoms with E-state index in [1.807, 2.05) is 13.5 Å². The van der Waals surface area contributed by atoms with Gasteiger partial charge in [0.2, 0.25) is 9.76 Å². The molecule has 60 valence electrons. The van der Waals surface area contributed by atoms with Crippen LogP contribution in [0.5, 0.6) is 0 Å². The summed E-state index contributed by atoms with van der Waals surface area (Å²) in [6.45, 7) is 4.99. The van der Waals surface area contributed by atoms with Gasteiger partial charge in [0.1, 0.15) is 0 Å². The molecule has 0 atom stereocenters. The molecule has 0 radical (unpaired) electrons. The van der Waals surface area contributed by atoms with E-state index in [4.69, 9.17) is 9.16 Å². The lowest BCUT2D eigenvalue weighted by molar-refractivity contribution is -0.135. The van der Waals surface area contributed by atoms with Crippen molar-refractivity contribution in [3.8, 4) is 0 Å². The molecule has 0 N–H and O–H groups in total. The number of carbonyl (C=O) groups excluding carboxylic acids is 1. The summed E-state index contributed by atoms with van der Waals surface area (Å²) >= 11 is 0. The van der Waals surface area contributed by atoms with Gasteiger partial charge in [-0.05, 0) is 13.5 Å². The summed E-state index contributed by atoms with van der Waals surface area (Å²) in [6.07, 6.45) is 0.397. The molecule has 0 unspecified atom stereocenters. The highest BCUT2D eigenvalue weighted by Gasteiger charge is 1.98. The zero-order chi connectivity index (χ0) is 7.82. The van der Waals surface area contributed by atoms with E-state index in [0.29, 0.717) is 19.6 Å². The molecule has 0 rings (SSSR count). The average molecular weight is 162 g/mol. The Balaban J connectivity index is 3.05. The molecule has 0 amide bonds. The van der Waals surface area contributed by atoms with Gasteiger partial charge < -0.3 is 9.16 Å². The molecule has 0 aliphatic carbocycles. The van der Waals surface area contributed by atoms with Gasteiger partial charge in [0.25, 0.3) is 5.97 Å². The summed E-state index contributed by atoms with van der Waals surface area (Å²) in [5.74, 6) is -0.123. The first-order valence-corrected chi connectivity index (χ1v) is 5.53. The van der Waals surface area contributed by atoms with Crippen molar-refractivity contribution in [2.24, 2.45) is 0 Å². The molecule has 0 saturated carbocycles. The van der Waals surface area contributed by atoms with Crippen LogP contribution in [-0.4, -0.2) is 28.9 Å². The highest BCUT2D eigenvalue weighted by Crippen LogP contribution is 1.85. The van der Waals surface area contributed by atoms with Crippen LogP contribution in [0.2, 0.25) is 6.55 Å². The first-order valence-electron chi connectivity index (χ1n) is 3.54. The molecule has 0 aromatic heterocycles. The van der Waals surface area contributed by atoms with Crippen LogP contribution in [-0.2, 0) is 14.0 Å². The Labute approximate surface area is 63.7 Å². The molecule has 4 heteroatoms. The van der Waals surface area contributed by atoms with Crippen LogP contribution >= 0.6 is 0 Å². The van der Waals surface area contributed by atoms with Crippen molar-refractivity contribution in [2.75, 3.05) is 13.2 Å². The molecule has 0 heterocycles. The molecule has 0 saturated heterocycles. The van der Waals surface area contributed by atoms with Crippen molar-refractivity contribution in [3.05, 3.63) is 0 Å².